The van der Waals surface area contributed by atoms with Gasteiger partial charge in [0, 0.05) is 4.47 Å². The van der Waals surface area contributed by atoms with Crippen molar-refractivity contribution in [1.82, 2.24) is 0 Å². The van der Waals surface area contributed by atoms with Gasteiger partial charge in [-0.2, -0.15) is 0 Å². The van der Waals surface area contributed by atoms with Gasteiger partial charge in [0.25, 0.3) is 0 Å². The van der Waals surface area contributed by atoms with E-state index in [1.807, 2.05) is 0 Å². The molecule has 1 saturated carbocycles. The summed E-state index contributed by atoms with van der Waals surface area (Å²) in [6, 6.07) is 13.4. The van der Waals surface area contributed by atoms with Crippen LogP contribution in [0.4, 0.5) is 5.69 Å². The van der Waals surface area contributed by atoms with E-state index in [0.29, 0.717) is 22.9 Å². The van der Waals surface area contributed by atoms with Crippen molar-refractivity contribution in [1.29, 1.82) is 0 Å². The fourth-order valence-corrected chi connectivity index (χ4v) is 4.32. The molecule has 1 aliphatic carbocycles. The predicted octanol–water partition coefficient (Wildman–Crippen LogP) is 4.59. The molecule has 0 spiro atoms. The van der Waals surface area contributed by atoms with Gasteiger partial charge in [0.1, 0.15) is 5.75 Å². The molecule has 2 aromatic carbocycles. The topological polar surface area (TPSA) is 63.7 Å². The Labute approximate surface area is 171 Å². The Morgan fingerprint density at radius 3 is 2.29 bits per heavy atom. The third kappa shape index (κ3) is 3.49. The highest BCUT2D eigenvalue weighted by Gasteiger charge is 2.49. The number of rotatable bonds is 3. The van der Waals surface area contributed by atoms with Gasteiger partial charge in [0.15, 0.2) is 0 Å². The second kappa shape index (κ2) is 7.51. The van der Waals surface area contributed by atoms with Crippen molar-refractivity contribution >= 4 is 39.4 Å². The number of carbonyl (C=O) groups is 3. The van der Waals surface area contributed by atoms with Crippen LogP contribution in [0.3, 0.4) is 0 Å². The van der Waals surface area contributed by atoms with Gasteiger partial charge in [-0.3, -0.25) is 14.5 Å². The average Bonchev–Trinajstić information content (AvgIpc) is 2.93. The maximum Gasteiger partial charge on any atom is 0.343 e. The minimum atomic E-state index is -0.464. The summed E-state index contributed by atoms with van der Waals surface area (Å²) in [5.74, 6) is -0.249. The molecule has 3 atom stereocenters. The lowest BCUT2D eigenvalue weighted by atomic mass is 9.76. The van der Waals surface area contributed by atoms with Gasteiger partial charge in [-0.05, 0) is 73.7 Å². The molecule has 0 bridgehead atoms. The number of anilines is 1. The number of hydrogen-bond acceptors (Lipinski definition) is 4. The fourth-order valence-electron chi connectivity index (χ4n) is 4.06. The monoisotopic (exact) mass is 441 g/mol. The minimum absolute atomic E-state index is 0.110. The number of benzene rings is 2. The highest BCUT2D eigenvalue weighted by Crippen LogP contribution is 2.42. The smallest absolute Gasteiger partial charge is 0.343 e. The van der Waals surface area contributed by atoms with Gasteiger partial charge in [-0.25, -0.2) is 4.79 Å². The van der Waals surface area contributed by atoms with E-state index >= 15 is 0 Å². The summed E-state index contributed by atoms with van der Waals surface area (Å²) in [4.78, 5) is 39.1. The Kier molecular flexibility index (Phi) is 5.06. The molecule has 0 unspecified atom stereocenters. The summed E-state index contributed by atoms with van der Waals surface area (Å²) >= 11 is 3.33. The molecule has 28 heavy (non-hydrogen) atoms. The number of fused-ring (bicyclic) bond motifs is 1. The number of esters is 1. The zero-order valence-electron chi connectivity index (χ0n) is 15.4. The molecule has 0 N–H and O–H groups in total. The summed E-state index contributed by atoms with van der Waals surface area (Å²) < 4.78 is 6.26. The van der Waals surface area contributed by atoms with Crippen LogP contribution >= 0.6 is 15.9 Å². The lowest BCUT2D eigenvalue weighted by molar-refractivity contribution is -0.122. The molecule has 2 aliphatic rings. The number of ether oxygens (including phenoxy) is 1. The molecule has 1 saturated heterocycles. The molecule has 6 heteroatoms. The normalized spacial score (nSPS) is 24.2. The summed E-state index contributed by atoms with van der Waals surface area (Å²) in [6.07, 6.45) is 2.53. The first-order valence-electron chi connectivity index (χ1n) is 9.39. The Balaban J connectivity index is 1.49. The highest BCUT2D eigenvalue weighted by atomic mass is 79.9. The molecule has 0 aromatic heterocycles. The highest BCUT2D eigenvalue weighted by molar-refractivity contribution is 9.10. The second-order valence-corrected chi connectivity index (χ2v) is 8.45. The quantitative estimate of drug-likeness (QED) is 0.396. The van der Waals surface area contributed by atoms with Crippen molar-refractivity contribution in [3.63, 3.8) is 0 Å². The van der Waals surface area contributed by atoms with Crippen LogP contribution in [0, 0.1) is 17.8 Å². The number of amides is 2. The summed E-state index contributed by atoms with van der Waals surface area (Å²) in [7, 11) is 0. The van der Waals surface area contributed by atoms with E-state index in [9.17, 15) is 14.4 Å². The molecular formula is C22H20BrNO4. The van der Waals surface area contributed by atoms with E-state index < -0.39 is 5.97 Å². The van der Waals surface area contributed by atoms with Gasteiger partial charge >= 0.3 is 5.97 Å². The van der Waals surface area contributed by atoms with Gasteiger partial charge < -0.3 is 4.74 Å². The standard InChI is InChI=1S/C22H20BrNO4/c1-13-2-11-18-19(12-13)21(26)24(20(18)25)16-7-9-17(10-8-16)28-22(27)14-3-5-15(23)6-4-14/h3-10,13,18-19H,2,11-12H2,1H3/t13-,18+,19+/m0/s1. The number of imide groups is 1. The Hall–Kier alpha value is -2.47. The average molecular weight is 442 g/mol. The lowest BCUT2D eigenvalue weighted by Gasteiger charge is -2.25. The van der Waals surface area contributed by atoms with Crippen molar-refractivity contribution in [3.05, 3.63) is 58.6 Å². The molecule has 1 aliphatic heterocycles. The molecule has 2 fully saturated rings. The van der Waals surface area contributed by atoms with Crippen LogP contribution in [0.15, 0.2) is 53.0 Å². The van der Waals surface area contributed by atoms with Gasteiger partial charge in [-0.1, -0.05) is 22.9 Å². The van der Waals surface area contributed by atoms with Crippen molar-refractivity contribution in [2.45, 2.75) is 26.2 Å². The maximum atomic E-state index is 12.8. The molecule has 5 nitrogen and oxygen atoms in total. The molecule has 2 amide bonds. The maximum absolute atomic E-state index is 12.8. The molecule has 144 valence electrons. The van der Waals surface area contributed by atoms with E-state index in [0.717, 1.165) is 23.7 Å². The number of carbonyl (C=O) groups excluding carboxylic acids is 3. The number of nitrogens with zero attached hydrogens (tertiary/aromatic N) is 1. The summed E-state index contributed by atoms with van der Waals surface area (Å²) in [6.45, 7) is 2.13. The zero-order chi connectivity index (χ0) is 19.8. The van der Waals surface area contributed by atoms with Gasteiger partial charge in [0.2, 0.25) is 11.8 Å². The van der Waals surface area contributed by atoms with Crippen LogP contribution in [0.2, 0.25) is 0 Å². The first-order valence-corrected chi connectivity index (χ1v) is 10.2. The Morgan fingerprint density at radius 2 is 1.61 bits per heavy atom. The van der Waals surface area contributed by atoms with Crippen LogP contribution in [0.1, 0.15) is 36.5 Å². The van der Waals surface area contributed by atoms with E-state index in [4.69, 9.17) is 4.74 Å². The second-order valence-electron chi connectivity index (χ2n) is 7.53. The van der Waals surface area contributed by atoms with E-state index in [1.165, 1.54) is 4.90 Å². The Morgan fingerprint density at radius 1 is 0.964 bits per heavy atom. The first kappa shape index (κ1) is 18.9. The van der Waals surface area contributed by atoms with Crippen molar-refractivity contribution in [3.8, 4) is 5.75 Å². The van der Waals surface area contributed by atoms with Crippen LogP contribution in [-0.4, -0.2) is 17.8 Å². The Bertz CT molecular complexity index is 923. The van der Waals surface area contributed by atoms with Crippen LogP contribution in [-0.2, 0) is 9.59 Å². The third-order valence-electron chi connectivity index (χ3n) is 5.57. The molecule has 4 rings (SSSR count). The number of halogens is 1. The third-order valence-corrected chi connectivity index (χ3v) is 6.10. The van der Waals surface area contributed by atoms with Crippen molar-refractivity contribution in [2.75, 3.05) is 4.90 Å². The molecule has 0 radical (unpaired) electrons. The van der Waals surface area contributed by atoms with E-state index in [-0.39, 0.29) is 23.7 Å². The van der Waals surface area contributed by atoms with Crippen LogP contribution < -0.4 is 9.64 Å². The predicted molar refractivity (Wildman–Crippen MR) is 108 cm³/mol. The minimum Gasteiger partial charge on any atom is -0.423 e. The lowest BCUT2D eigenvalue weighted by Crippen LogP contribution is -2.30. The zero-order valence-corrected chi connectivity index (χ0v) is 17.0. The fraction of sp³-hybridized carbons (Fsp3) is 0.318. The molecule has 2 aromatic rings. The largest absolute Gasteiger partial charge is 0.423 e. The van der Waals surface area contributed by atoms with Crippen molar-refractivity contribution < 1.29 is 19.1 Å². The van der Waals surface area contributed by atoms with Crippen molar-refractivity contribution in [2.24, 2.45) is 17.8 Å². The summed E-state index contributed by atoms with van der Waals surface area (Å²) in [5, 5.41) is 0. The number of hydrogen-bond donors (Lipinski definition) is 0. The van der Waals surface area contributed by atoms with E-state index in [2.05, 4.69) is 22.9 Å². The molecular weight excluding hydrogens is 422 g/mol. The van der Waals surface area contributed by atoms with Crippen LogP contribution in [0.25, 0.3) is 0 Å². The molecule has 1 heterocycles. The van der Waals surface area contributed by atoms with E-state index in [1.54, 1.807) is 48.5 Å². The van der Waals surface area contributed by atoms with Gasteiger partial charge in [-0.15, -0.1) is 0 Å². The first-order chi connectivity index (χ1) is 13.4. The van der Waals surface area contributed by atoms with Crippen LogP contribution in [0.5, 0.6) is 5.75 Å². The SMILES string of the molecule is C[C@H]1CC[C@H]2C(=O)N(c3ccc(OC(=O)c4ccc(Br)cc4)cc3)C(=O)[C@@H]2C1. The van der Waals surface area contributed by atoms with Gasteiger partial charge in [0.05, 0.1) is 23.1 Å². The summed E-state index contributed by atoms with van der Waals surface area (Å²) in [5.41, 5.74) is 0.968.